The lowest BCUT2D eigenvalue weighted by Gasteiger charge is -2.29. The molecule has 3 N–H and O–H groups in total. The second-order valence-corrected chi connectivity index (χ2v) is 6.99. The number of phenolic OH excluding ortho intramolecular Hbond substituents is 1. The number of guanidine groups is 1. The molecule has 2 aromatic rings. The van der Waals surface area contributed by atoms with E-state index < -0.39 is 11.7 Å². The third kappa shape index (κ3) is 3.87. The Balaban J connectivity index is 2.04. The van der Waals surface area contributed by atoms with Crippen molar-refractivity contribution in [1.29, 1.82) is 0 Å². The Kier molecular flexibility index (Phi) is 4.77. The van der Waals surface area contributed by atoms with Gasteiger partial charge in [-0.05, 0) is 17.7 Å². The highest BCUT2D eigenvalue weighted by molar-refractivity contribution is 6.12. The number of carbonyl (C=O) groups excluding carboxylic acids is 1. The number of aromatic hydroxyl groups is 1. The molecule has 0 fully saturated rings. The van der Waals surface area contributed by atoms with E-state index in [4.69, 9.17) is 6.57 Å². The van der Waals surface area contributed by atoms with Crippen molar-refractivity contribution in [3.8, 4) is 16.9 Å². The van der Waals surface area contributed by atoms with Crippen LogP contribution in [0.25, 0.3) is 16.0 Å². The van der Waals surface area contributed by atoms with Crippen molar-refractivity contribution in [3.63, 3.8) is 0 Å². The van der Waals surface area contributed by atoms with Crippen molar-refractivity contribution in [1.82, 2.24) is 15.6 Å². The Hall–Kier alpha value is -3.47. The monoisotopic (exact) mass is 367 g/mol. The van der Waals surface area contributed by atoms with Gasteiger partial charge in [0.25, 0.3) is 5.91 Å². The summed E-state index contributed by atoms with van der Waals surface area (Å²) < 4.78 is 13.6. The van der Waals surface area contributed by atoms with Gasteiger partial charge < -0.3 is 10.4 Å². The van der Waals surface area contributed by atoms with Crippen LogP contribution < -0.4 is 10.6 Å². The Morgan fingerprint density at radius 1 is 1.41 bits per heavy atom. The molecule has 1 aliphatic rings. The van der Waals surface area contributed by atoms with Crippen LogP contribution in [0.4, 0.5) is 10.1 Å². The van der Waals surface area contributed by atoms with Crippen molar-refractivity contribution in [2.45, 2.75) is 13.8 Å². The summed E-state index contributed by atoms with van der Waals surface area (Å²) in [4.78, 5) is 24.3. The minimum Gasteiger partial charge on any atom is -0.507 e. The van der Waals surface area contributed by atoms with E-state index in [-0.39, 0.29) is 39.5 Å². The van der Waals surface area contributed by atoms with Crippen molar-refractivity contribution in [2.24, 2.45) is 10.4 Å². The largest absolute Gasteiger partial charge is 0.507 e. The van der Waals surface area contributed by atoms with Crippen LogP contribution in [0.15, 0.2) is 35.6 Å². The number of hydrogen-bond donors (Lipinski definition) is 3. The van der Waals surface area contributed by atoms with Gasteiger partial charge in [0.05, 0.1) is 18.3 Å². The van der Waals surface area contributed by atoms with Crippen LogP contribution in [0.1, 0.15) is 24.2 Å². The summed E-state index contributed by atoms with van der Waals surface area (Å²) in [5.41, 5.74) is 0.280. The molecule has 0 radical (unpaired) electrons. The van der Waals surface area contributed by atoms with Crippen molar-refractivity contribution < 1.29 is 14.3 Å². The second-order valence-electron chi connectivity index (χ2n) is 6.99. The molecule has 2 heterocycles. The highest BCUT2D eigenvalue weighted by Crippen LogP contribution is 2.38. The van der Waals surface area contributed by atoms with Gasteiger partial charge >= 0.3 is 0 Å². The van der Waals surface area contributed by atoms with Gasteiger partial charge in [0.2, 0.25) is 0 Å². The average molecular weight is 367 g/mol. The van der Waals surface area contributed by atoms with Crippen LogP contribution in [0.5, 0.6) is 5.75 Å². The number of carbonyl (C=O) groups is 1. The maximum atomic E-state index is 13.6. The molecule has 8 heteroatoms. The van der Waals surface area contributed by atoms with Crippen LogP contribution in [0.2, 0.25) is 0 Å². The number of rotatable bonds is 2. The molecule has 0 spiro atoms. The van der Waals surface area contributed by atoms with E-state index in [9.17, 15) is 14.3 Å². The van der Waals surface area contributed by atoms with Crippen LogP contribution in [0, 0.1) is 17.8 Å². The average Bonchev–Trinajstić information content (AvgIpc) is 2.63. The third-order valence-corrected chi connectivity index (χ3v) is 4.13. The van der Waals surface area contributed by atoms with E-state index in [2.05, 4.69) is 25.5 Å². The zero-order chi connectivity index (χ0) is 19.6. The van der Waals surface area contributed by atoms with E-state index in [0.29, 0.717) is 13.1 Å². The van der Waals surface area contributed by atoms with Crippen molar-refractivity contribution in [2.75, 3.05) is 13.1 Å². The molecule has 27 heavy (non-hydrogen) atoms. The number of aliphatic imine (C=N–C) groups is 1. The smallest absolute Gasteiger partial charge is 0.261 e. The SMILES string of the molecule is [C-]#[N+]c1ccc(O)c(C(=O)NC2=NCC(C)(C)CN2)c1-c1cncc(F)c1. The van der Waals surface area contributed by atoms with Gasteiger partial charge in [0.15, 0.2) is 11.6 Å². The van der Waals surface area contributed by atoms with Crippen LogP contribution in [-0.4, -0.2) is 35.0 Å². The maximum Gasteiger partial charge on any atom is 0.261 e. The molecule has 0 bridgehead atoms. The fourth-order valence-corrected chi connectivity index (χ4v) is 2.73. The number of aromatic nitrogens is 1. The lowest BCUT2D eigenvalue weighted by atomic mass is 9.93. The number of nitrogens with zero attached hydrogens (tertiary/aromatic N) is 3. The van der Waals surface area contributed by atoms with E-state index in [1.165, 1.54) is 18.3 Å². The predicted molar refractivity (Wildman–Crippen MR) is 99.1 cm³/mol. The van der Waals surface area contributed by atoms with Gasteiger partial charge in [0.1, 0.15) is 11.6 Å². The quantitative estimate of drug-likeness (QED) is 0.712. The van der Waals surface area contributed by atoms with Gasteiger partial charge in [-0.2, -0.15) is 0 Å². The molecule has 1 amide bonds. The van der Waals surface area contributed by atoms with Gasteiger partial charge in [0, 0.05) is 30.3 Å². The summed E-state index contributed by atoms with van der Waals surface area (Å²) in [5, 5.41) is 15.9. The van der Waals surface area contributed by atoms with Crippen LogP contribution >= 0.6 is 0 Å². The molecule has 0 saturated carbocycles. The van der Waals surface area contributed by atoms with Crippen LogP contribution in [-0.2, 0) is 0 Å². The summed E-state index contributed by atoms with van der Waals surface area (Å²) in [6.45, 7) is 12.6. The number of halogens is 1. The van der Waals surface area contributed by atoms with E-state index in [0.717, 1.165) is 12.3 Å². The topological polar surface area (TPSA) is 91.0 Å². The number of benzene rings is 1. The zero-order valence-electron chi connectivity index (χ0n) is 14.9. The van der Waals surface area contributed by atoms with E-state index >= 15 is 0 Å². The molecular formula is C19H18FN5O2. The first-order valence-electron chi connectivity index (χ1n) is 8.25. The highest BCUT2D eigenvalue weighted by Gasteiger charge is 2.26. The fourth-order valence-electron chi connectivity index (χ4n) is 2.73. The molecule has 1 aromatic heterocycles. The van der Waals surface area contributed by atoms with Gasteiger partial charge in [-0.15, -0.1) is 0 Å². The molecule has 0 atom stereocenters. The molecular weight excluding hydrogens is 349 g/mol. The van der Waals surface area contributed by atoms with Gasteiger partial charge in [-0.25, -0.2) is 9.24 Å². The zero-order valence-corrected chi connectivity index (χ0v) is 14.9. The normalized spacial score (nSPS) is 15.3. The highest BCUT2D eigenvalue weighted by atomic mass is 19.1. The summed E-state index contributed by atoms with van der Waals surface area (Å²) in [7, 11) is 0. The minimum atomic E-state index is -0.650. The lowest BCUT2D eigenvalue weighted by Crippen LogP contribution is -2.49. The first kappa shape index (κ1) is 18.3. The Bertz CT molecular complexity index is 979. The van der Waals surface area contributed by atoms with E-state index in [1.807, 2.05) is 13.8 Å². The summed E-state index contributed by atoms with van der Waals surface area (Å²) in [6.07, 6.45) is 2.36. The predicted octanol–water partition coefficient (Wildman–Crippen LogP) is 2.86. The third-order valence-electron chi connectivity index (χ3n) is 4.13. The molecule has 1 aromatic carbocycles. The maximum absolute atomic E-state index is 13.6. The molecule has 1 aliphatic heterocycles. The molecule has 3 rings (SSSR count). The van der Waals surface area contributed by atoms with Crippen molar-refractivity contribution >= 4 is 17.6 Å². The number of pyridine rings is 1. The standard InChI is InChI=1S/C19H18FN5O2/c1-19(2)9-23-18(24-10-19)25-17(27)16-14(26)5-4-13(21-3)15(16)11-6-12(20)8-22-7-11/h4-8,26H,9-10H2,1-2H3,(H2,23,24,25,27). The number of nitrogens with one attached hydrogen (secondary N) is 2. The number of hydrogen-bond acceptors (Lipinski definition) is 5. The molecule has 0 aliphatic carbocycles. The molecule has 0 saturated heterocycles. The fraction of sp³-hybridized carbons (Fsp3) is 0.263. The van der Waals surface area contributed by atoms with Crippen molar-refractivity contribution in [3.05, 3.63) is 53.4 Å². The Morgan fingerprint density at radius 2 is 2.19 bits per heavy atom. The first-order valence-corrected chi connectivity index (χ1v) is 8.25. The van der Waals surface area contributed by atoms with E-state index in [1.54, 1.807) is 0 Å². The second kappa shape index (κ2) is 7.03. The molecule has 0 unspecified atom stereocenters. The number of phenols is 1. The molecule has 7 nitrogen and oxygen atoms in total. The van der Waals surface area contributed by atoms with Gasteiger partial charge in [-0.3, -0.25) is 20.1 Å². The van der Waals surface area contributed by atoms with Crippen LogP contribution in [0.3, 0.4) is 0 Å². The van der Waals surface area contributed by atoms with Gasteiger partial charge in [-0.1, -0.05) is 19.9 Å². The Morgan fingerprint density at radius 3 is 2.81 bits per heavy atom. The summed E-state index contributed by atoms with van der Waals surface area (Å²) >= 11 is 0. The summed E-state index contributed by atoms with van der Waals surface area (Å²) in [5.74, 6) is -1.30. The minimum absolute atomic E-state index is 0.0290. The lowest BCUT2D eigenvalue weighted by molar-refractivity contribution is 0.0972. The number of amides is 1. The molecule has 138 valence electrons. The Labute approximate surface area is 155 Å². The summed E-state index contributed by atoms with van der Waals surface area (Å²) in [6, 6.07) is 3.79. The first-order chi connectivity index (χ1) is 12.8.